The van der Waals surface area contributed by atoms with E-state index in [1.807, 2.05) is 37.3 Å². The van der Waals surface area contributed by atoms with Gasteiger partial charge in [0.05, 0.1) is 12.7 Å². The van der Waals surface area contributed by atoms with Crippen LogP contribution in [0.1, 0.15) is 15.9 Å². The molecule has 0 aliphatic rings. The summed E-state index contributed by atoms with van der Waals surface area (Å²) in [6, 6.07) is 12.7. The molecule has 2 rings (SSSR count). The Morgan fingerprint density at radius 2 is 1.83 bits per heavy atom. The summed E-state index contributed by atoms with van der Waals surface area (Å²) >= 11 is 0. The standard InChI is InChI=1S/C15H14O3/c1-10-7-8-11(15(16)17)9-13(10)12-5-3-4-6-14(12)18-2/h3-9H,1-2H3,(H,16,17). The molecule has 0 amide bonds. The van der Waals surface area contributed by atoms with E-state index in [0.29, 0.717) is 0 Å². The highest BCUT2D eigenvalue weighted by molar-refractivity contribution is 5.90. The van der Waals surface area contributed by atoms with Gasteiger partial charge >= 0.3 is 5.97 Å². The molecule has 0 saturated heterocycles. The Bertz CT molecular complexity index is 588. The molecule has 0 aromatic heterocycles. The number of carboxylic acids is 1. The molecule has 2 aromatic rings. The number of ether oxygens (including phenoxy) is 1. The van der Waals surface area contributed by atoms with Crippen molar-refractivity contribution in [3.8, 4) is 16.9 Å². The van der Waals surface area contributed by atoms with Crippen molar-refractivity contribution >= 4 is 5.97 Å². The van der Waals surface area contributed by atoms with Gasteiger partial charge in [-0.05, 0) is 36.2 Å². The van der Waals surface area contributed by atoms with Crippen molar-refractivity contribution < 1.29 is 14.6 Å². The van der Waals surface area contributed by atoms with E-state index < -0.39 is 5.97 Å². The van der Waals surface area contributed by atoms with Crippen LogP contribution in [0.4, 0.5) is 0 Å². The maximum Gasteiger partial charge on any atom is 0.335 e. The molecule has 0 spiro atoms. The average Bonchev–Trinajstić information content (AvgIpc) is 2.39. The lowest BCUT2D eigenvalue weighted by Crippen LogP contribution is -1.98. The fourth-order valence-corrected chi connectivity index (χ4v) is 1.91. The summed E-state index contributed by atoms with van der Waals surface area (Å²) < 4.78 is 5.31. The number of para-hydroxylation sites is 1. The first-order chi connectivity index (χ1) is 8.63. The Morgan fingerprint density at radius 3 is 2.50 bits per heavy atom. The molecule has 3 heteroatoms. The molecule has 0 bridgehead atoms. The van der Waals surface area contributed by atoms with Gasteiger partial charge in [0.25, 0.3) is 0 Å². The second kappa shape index (κ2) is 4.92. The van der Waals surface area contributed by atoms with Crippen molar-refractivity contribution in [2.24, 2.45) is 0 Å². The number of hydrogen-bond acceptors (Lipinski definition) is 2. The molecule has 0 aliphatic heterocycles. The molecule has 2 aromatic carbocycles. The van der Waals surface area contributed by atoms with Crippen LogP contribution in [0, 0.1) is 6.92 Å². The Morgan fingerprint density at radius 1 is 1.11 bits per heavy atom. The lowest BCUT2D eigenvalue weighted by Gasteiger charge is -2.11. The van der Waals surface area contributed by atoms with E-state index in [2.05, 4.69) is 0 Å². The predicted octanol–water partition coefficient (Wildman–Crippen LogP) is 3.37. The van der Waals surface area contributed by atoms with Gasteiger partial charge in [0.15, 0.2) is 0 Å². The average molecular weight is 242 g/mol. The van der Waals surface area contributed by atoms with Crippen LogP contribution in [0.5, 0.6) is 5.75 Å². The van der Waals surface area contributed by atoms with Crippen molar-refractivity contribution in [3.63, 3.8) is 0 Å². The molecule has 0 fully saturated rings. The number of aryl methyl sites for hydroxylation is 1. The topological polar surface area (TPSA) is 46.5 Å². The van der Waals surface area contributed by atoms with Crippen molar-refractivity contribution in [1.82, 2.24) is 0 Å². The molecule has 0 heterocycles. The molecule has 1 N–H and O–H groups in total. The molecule has 0 unspecified atom stereocenters. The van der Waals surface area contributed by atoms with Crippen LogP contribution < -0.4 is 4.74 Å². The Labute approximate surface area is 106 Å². The number of aromatic carboxylic acids is 1. The molecule has 0 aliphatic carbocycles. The van der Waals surface area contributed by atoms with E-state index in [-0.39, 0.29) is 5.56 Å². The van der Waals surface area contributed by atoms with Gasteiger partial charge in [-0.2, -0.15) is 0 Å². The van der Waals surface area contributed by atoms with Gasteiger partial charge in [-0.15, -0.1) is 0 Å². The van der Waals surface area contributed by atoms with Crippen molar-refractivity contribution in [2.45, 2.75) is 6.92 Å². The Balaban J connectivity index is 2.62. The monoisotopic (exact) mass is 242 g/mol. The third-order valence-electron chi connectivity index (χ3n) is 2.88. The van der Waals surface area contributed by atoms with Crippen LogP contribution in [-0.2, 0) is 0 Å². The molecule has 92 valence electrons. The molecule has 0 radical (unpaired) electrons. The maximum atomic E-state index is 11.0. The smallest absolute Gasteiger partial charge is 0.335 e. The summed E-state index contributed by atoms with van der Waals surface area (Å²) in [5, 5.41) is 9.04. The fourth-order valence-electron chi connectivity index (χ4n) is 1.91. The summed E-state index contributed by atoms with van der Waals surface area (Å²) in [5.41, 5.74) is 3.08. The lowest BCUT2D eigenvalue weighted by molar-refractivity contribution is 0.0697. The van der Waals surface area contributed by atoms with Crippen LogP contribution in [0.15, 0.2) is 42.5 Å². The van der Waals surface area contributed by atoms with Gasteiger partial charge in [-0.3, -0.25) is 0 Å². The highest BCUT2D eigenvalue weighted by Crippen LogP contribution is 2.32. The fraction of sp³-hybridized carbons (Fsp3) is 0.133. The summed E-state index contributed by atoms with van der Waals surface area (Å²) in [6.07, 6.45) is 0. The zero-order valence-electron chi connectivity index (χ0n) is 10.3. The number of rotatable bonds is 3. The van der Waals surface area contributed by atoms with Crippen molar-refractivity contribution in [3.05, 3.63) is 53.6 Å². The van der Waals surface area contributed by atoms with E-state index in [4.69, 9.17) is 9.84 Å². The second-order valence-corrected chi connectivity index (χ2v) is 4.04. The minimum absolute atomic E-state index is 0.279. The number of benzene rings is 2. The minimum atomic E-state index is -0.925. The molecule has 18 heavy (non-hydrogen) atoms. The number of carboxylic acid groups (broad SMARTS) is 1. The summed E-state index contributed by atoms with van der Waals surface area (Å²) in [6.45, 7) is 1.95. The first-order valence-corrected chi connectivity index (χ1v) is 5.61. The predicted molar refractivity (Wildman–Crippen MR) is 70.1 cm³/mol. The summed E-state index contributed by atoms with van der Waals surface area (Å²) in [4.78, 5) is 11.0. The zero-order chi connectivity index (χ0) is 13.1. The quantitative estimate of drug-likeness (QED) is 0.897. The van der Waals surface area contributed by atoms with E-state index in [9.17, 15) is 4.79 Å². The molecule has 3 nitrogen and oxygen atoms in total. The van der Waals surface area contributed by atoms with Crippen LogP contribution in [0.3, 0.4) is 0 Å². The van der Waals surface area contributed by atoms with Crippen LogP contribution >= 0.6 is 0 Å². The largest absolute Gasteiger partial charge is 0.496 e. The molecular formula is C15H14O3. The van der Waals surface area contributed by atoms with Crippen molar-refractivity contribution in [2.75, 3.05) is 7.11 Å². The summed E-state index contributed by atoms with van der Waals surface area (Å²) in [5.74, 6) is -0.186. The van der Waals surface area contributed by atoms with Crippen LogP contribution in [0.2, 0.25) is 0 Å². The highest BCUT2D eigenvalue weighted by Gasteiger charge is 2.11. The van der Waals surface area contributed by atoms with Crippen LogP contribution in [-0.4, -0.2) is 18.2 Å². The number of hydrogen-bond donors (Lipinski definition) is 1. The maximum absolute atomic E-state index is 11.0. The van der Waals surface area contributed by atoms with E-state index in [1.165, 1.54) is 0 Å². The van der Waals surface area contributed by atoms with Gasteiger partial charge in [0.1, 0.15) is 5.75 Å². The van der Waals surface area contributed by atoms with Gasteiger partial charge in [-0.25, -0.2) is 4.79 Å². The van der Waals surface area contributed by atoms with E-state index >= 15 is 0 Å². The molecule has 0 saturated carbocycles. The van der Waals surface area contributed by atoms with Gasteiger partial charge < -0.3 is 9.84 Å². The lowest BCUT2D eigenvalue weighted by atomic mass is 9.97. The van der Waals surface area contributed by atoms with Gasteiger partial charge in [-0.1, -0.05) is 24.3 Å². The van der Waals surface area contributed by atoms with Crippen LogP contribution in [0.25, 0.3) is 11.1 Å². The van der Waals surface area contributed by atoms with E-state index in [1.54, 1.807) is 19.2 Å². The Hall–Kier alpha value is -2.29. The normalized spacial score (nSPS) is 10.1. The zero-order valence-corrected chi connectivity index (χ0v) is 10.3. The minimum Gasteiger partial charge on any atom is -0.496 e. The van der Waals surface area contributed by atoms with E-state index in [0.717, 1.165) is 22.4 Å². The highest BCUT2D eigenvalue weighted by atomic mass is 16.5. The third kappa shape index (κ3) is 2.20. The number of methoxy groups -OCH3 is 1. The Kier molecular flexibility index (Phi) is 3.33. The second-order valence-electron chi connectivity index (χ2n) is 4.04. The SMILES string of the molecule is COc1ccccc1-c1cc(C(=O)O)ccc1C. The molecular weight excluding hydrogens is 228 g/mol. The first kappa shape index (κ1) is 12.2. The third-order valence-corrected chi connectivity index (χ3v) is 2.88. The first-order valence-electron chi connectivity index (χ1n) is 5.61. The molecule has 0 atom stereocenters. The van der Waals surface area contributed by atoms with Crippen molar-refractivity contribution in [1.29, 1.82) is 0 Å². The van der Waals surface area contributed by atoms with Gasteiger partial charge in [0.2, 0.25) is 0 Å². The van der Waals surface area contributed by atoms with Gasteiger partial charge in [0, 0.05) is 5.56 Å². The number of carbonyl (C=O) groups is 1. The summed E-state index contributed by atoms with van der Waals surface area (Å²) in [7, 11) is 1.61.